The Bertz CT molecular complexity index is 4230. The number of ether oxygens (including phenoxy) is 2. The minimum atomic E-state index is -0.0988. The lowest BCUT2D eigenvalue weighted by Crippen LogP contribution is -2.62. The van der Waals surface area contributed by atoms with Crippen molar-refractivity contribution in [1.29, 1.82) is 0 Å². The number of hydrogen-bond donors (Lipinski definition) is 0. The third-order valence-electron chi connectivity index (χ3n) is 15.3. The summed E-state index contributed by atoms with van der Waals surface area (Å²) in [4.78, 5) is 4.93. The molecule has 12 aromatic rings. The number of fused-ring (bicyclic) bond motifs is 12. The molecule has 0 aliphatic carbocycles. The predicted molar refractivity (Wildman–Crippen MR) is 299 cm³/mol. The summed E-state index contributed by atoms with van der Waals surface area (Å²) in [6.45, 7) is -0.193. The van der Waals surface area contributed by atoms with Gasteiger partial charge in [-0.05, 0) is 144 Å². The zero-order chi connectivity index (χ0) is 46.3. The predicted octanol–water partition coefficient (Wildman–Crippen LogP) is 13.4. The van der Waals surface area contributed by atoms with Crippen LogP contribution in [0, 0.1) is 0 Å². The van der Waals surface area contributed by atoms with Crippen molar-refractivity contribution in [1.82, 2.24) is 0 Å². The molecule has 0 bridgehead atoms. The van der Waals surface area contributed by atoms with Crippen molar-refractivity contribution in [3.8, 4) is 45.3 Å². The van der Waals surface area contributed by atoms with Gasteiger partial charge in [0.05, 0.1) is 5.69 Å². The van der Waals surface area contributed by atoms with E-state index in [1.54, 1.807) is 0 Å². The van der Waals surface area contributed by atoms with E-state index >= 15 is 0 Å². The first-order chi connectivity index (χ1) is 35.2. The summed E-state index contributed by atoms with van der Waals surface area (Å²) in [5.41, 5.74) is 17.3. The number of hydrogen-bond acceptors (Lipinski definition) is 5. The first-order valence-electron chi connectivity index (χ1n) is 24.4. The van der Waals surface area contributed by atoms with E-state index in [1.165, 1.54) is 58.5 Å². The fourth-order valence-electron chi connectivity index (χ4n) is 12.1. The van der Waals surface area contributed by atoms with Crippen LogP contribution in [0.2, 0.25) is 0 Å². The van der Waals surface area contributed by atoms with Crippen LogP contribution < -0.4 is 51.4 Å². The Kier molecular flexibility index (Phi) is 8.19. The molecule has 0 atom stereocenters. The first-order valence-corrected chi connectivity index (χ1v) is 25.2. The molecule has 0 saturated heterocycles. The molecule has 0 radical (unpaired) electrons. The van der Waals surface area contributed by atoms with Crippen LogP contribution >= 0.6 is 11.3 Å². The van der Waals surface area contributed by atoms with Crippen LogP contribution in [0.15, 0.2) is 231 Å². The maximum absolute atomic E-state index is 7.38. The van der Waals surface area contributed by atoms with Gasteiger partial charge in [-0.1, -0.05) is 152 Å². The fourth-order valence-corrected chi connectivity index (χ4v) is 13.5. The van der Waals surface area contributed by atoms with Gasteiger partial charge in [0.2, 0.25) is 0 Å². The smallest absolute Gasteiger partial charge is 0.268 e. The van der Waals surface area contributed by atoms with E-state index in [2.05, 4.69) is 240 Å². The monoisotopic (exact) mass is 920 g/mol. The summed E-state index contributed by atoms with van der Waals surface area (Å²) in [6.07, 6.45) is 0. The minimum absolute atomic E-state index is 0.0946. The first kappa shape index (κ1) is 39.1. The van der Waals surface area contributed by atoms with Gasteiger partial charge in [-0.2, -0.15) is 0 Å². The second-order valence-electron chi connectivity index (χ2n) is 19.1. The molecule has 4 aliphatic rings. The SMILES string of the molecule is c1ccc(N2c3ccccc3B3c4cc5c(cc4Oc4cc(-c6ccc7ccccc7c6)cc2c43)Oc2cc(-c3ccc4ccccc4c3)cc3c2B5c2sc4ccccc4c2N3c2ccccc2)cc1. The van der Waals surface area contributed by atoms with Gasteiger partial charge >= 0.3 is 0 Å². The molecular weight excluding hydrogens is 882 g/mol. The average molecular weight is 921 g/mol. The Labute approximate surface area is 415 Å². The van der Waals surface area contributed by atoms with E-state index in [1.807, 2.05) is 11.3 Å². The van der Waals surface area contributed by atoms with Crippen LogP contribution in [0.5, 0.6) is 23.0 Å². The molecule has 1 aromatic heterocycles. The molecule has 0 amide bonds. The summed E-state index contributed by atoms with van der Waals surface area (Å²) >= 11 is 1.90. The van der Waals surface area contributed by atoms with Crippen molar-refractivity contribution in [3.05, 3.63) is 231 Å². The molecule has 5 heterocycles. The molecule has 328 valence electrons. The van der Waals surface area contributed by atoms with Crippen molar-refractivity contribution in [2.45, 2.75) is 0 Å². The Morgan fingerprint density at radius 3 is 1.52 bits per heavy atom. The number of para-hydroxylation sites is 3. The standard InChI is InChI=1S/C64H38B2N2O2S/c1-3-19-47(20-4-1)67-53-25-13-12-24-50(53)65-51-37-52-57(38-56(51)69-58-35-45(33-54(67)61(58)65)43-29-27-39-15-7-9-17-41(39)31-43)70-59-36-46(44-30-28-40-16-8-10-18-42(40)32-44)34-55-62(59)66(52)64-63(49-23-11-14-26-60(49)71-64)68(55)48-21-5-2-6-22-48/h1-38H. The van der Waals surface area contributed by atoms with Crippen molar-refractivity contribution in [2.75, 3.05) is 9.80 Å². The van der Waals surface area contributed by atoms with E-state index in [-0.39, 0.29) is 13.4 Å². The normalized spacial score (nSPS) is 13.5. The van der Waals surface area contributed by atoms with Gasteiger partial charge in [0.1, 0.15) is 23.0 Å². The van der Waals surface area contributed by atoms with Gasteiger partial charge in [0.15, 0.2) is 0 Å². The molecule has 0 unspecified atom stereocenters. The molecular formula is C64H38B2N2O2S. The summed E-state index contributed by atoms with van der Waals surface area (Å²) < 4.78 is 17.3. The van der Waals surface area contributed by atoms with Crippen LogP contribution in [0.1, 0.15) is 0 Å². The molecule has 4 aliphatic heterocycles. The van der Waals surface area contributed by atoms with E-state index in [0.717, 1.165) is 84.6 Å². The topological polar surface area (TPSA) is 24.9 Å². The number of anilines is 6. The zero-order valence-corrected chi connectivity index (χ0v) is 39.0. The fraction of sp³-hybridized carbons (Fsp3) is 0. The number of nitrogens with zero attached hydrogens (tertiary/aromatic N) is 2. The van der Waals surface area contributed by atoms with Gasteiger partial charge < -0.3 is 19.3 Å². The molecule has 71 heavy (non-hydrogen) atoms. The third kappa shape index (κ3) is 5.75. The van der Waals surface area contributed by atoms with E-state index in [4.69, 9.17) is 9.47 Å². The minimum Gasteiger partial charge on any atom is -0.458 e. The lowest BCUT2D eigenvalue weighted by molar-refractivity contribution is 0.466. The Hall–Kier alpha value is -8.77. The van der Waals surface area contributed by atoms with E-state index < -0.39 is 0 Å². The Morgan fingerprint density at radius 1 is 0.338 bits per heavy atom. The van der Waals surface area contributed by atoms with Crippen molar-refractivity contribution in [3.63, 3.8) is 0 Å². The second-order valence-corrected chi connectivity index (χ2v) is 20.2. The van der Waals surface area contributed by atoms with Crippen LogP contribution in [0.3, 0.4) is 0 Å². The van der Waals surface area contributed by atoms with Gasteiger partial charge in [-0.25, -0.2) is 0 Å². The van der Waals surface area contributed by atoms with Gasteiger partial charge in [0.25, 0.3) is 13.4 Å². The highest BCUT2D eigenvalue weighted by Crippen LogP contribution is 2.49. The van der Waals surface area contributed by atoms with Gasteiger partial charge in [-0.3, -0.25) is 0 Å². The molecule has 0 saturated carbocycles. The maximum atomic E-state index is 7.38. The highest BCUT2D eigenvalue weighted by molar-refractivity contribution is 7.33. The molecule has 0 N–H and O–H groups in total. The largest absolute Gasteiger partial charge is 0.458 e. The van der Waals surface area contributed by atoms with Crippen LogP contribution in [0.4, 0.5) is 34.1 Å². The molecule has 0 spiro atoms. The van der Waals surface area contributed by atoms with Crippen LogP contribution in [0.25, 0.3) is 53.9 Å². The molecule has 11 aromatic carbocycles. The van der Waals surface area contributed by atoms with Crippen LogP contribution in [-0.4, -0.2) is 13.4 Å². The lowest BCUT2D eigenvalue weighted by atomic mass is 9.32. The van der Waals surface area contributed by atoms with Crippen molar-refractivity contribution in [2.24, 2.45) is 0 Å². The highest BCUT2D eigenvalue weighted by Gasteiger charge is 2.48. The number of benzene rings is 11. The third-order valence-corrected chi connectivity index (χ3v) is 16.5. The molecule has 0 fully saturated rings. The van der Waals surface area contributed by atoms with Crippen LogP contribution in [-0.2, 0) is 0 Å². The summed E-state index contributed by atoms with van der Waals surface area (Å²) in [5, 5.41) is 6.10. The van der Waals surface area contributed by atoms with E-state index in [0.29, 0.717) is 0 Å². The molecule has 7 heteroatoms. The molecule has 4 nitrogen and oxygen atoms in total. The molecule has 16 rings (SSSR count). The second kappa shape index (κ2) is 14.9. The number of rotatable bonds is 4. The Balaban J connectivity index is 0.945. The van der Waals surface area contributed by atoms with Gasteiger partial charge in [-0.15, -0.1) is 11.3 Å². The average Bonchev–Trinajstić information content (AvgIpc) is 3.81. The quantitative estimate of drug-likeness (QED) is 0.164. The summed E-state index contributed by atoms with van der Waals surface area (Å²) in [6, 6.07) is 84.2. The highest BCUT2D eigenvalue weighted by atomic mass is 32.1. The lowest BCUT2D eigenvalue weighted by Gasteiger charge is -2.42. The maximum Gasteiger partial charge on any atom is 0.268 e. The zero-order valence-electron chi connectivity index (χ0n) is 38.2. The van der Waals surface area contributed by atoms with E-state index in [9.17, 15) is 0 Å². The summed E-state index contributed by atoms with van der Waals surface area (Å²) in [5.74, 6) is 3.37. The summed E-state index contributed by atoms with van der Waals surface area (Å²) in [7, 11) is 0. The van der Waals surface area contributed by atoms with Crippen molar-refractivity contribution < 1.29 is 9.47 Å². The van der Waals surface area contributed by atoms with Crippen molar-refractivity contribution >= 4 is 123 Å². The van der Waals surface area contributed by atoms with Gasteiger partial charge in [0, 0.05) is 49.4 Å². The Morgan fingerprint density at radius 2 is 0.859 bits per heavy atom. The number of thiophene rings is 1.